The third-order valence-corrected chi connectivity index (χ3v) is 3.86. The van der Waals surface area contributed by atoms with E-state index in [4.69, 9.17) is 9.84 Å². The Labute approximate surface area is 86.5 Å². The summed E-state index contributed by atoms with van der Waals surface area (Å²) in [5.41, 5.74) is -0.180. The molecule has 0 aliphatic carbocycles. The smallest absolute Gasteiger partial charge is 0.123 e. The molecule has 5 nitrogen and oxygen atoms in total. The molecule has 2 saturated heterocycles. The maximum atomic E-state index is 9.75. The maximum absolute atomic E-state index is 9.75. The molecule has 0 aromatic heterocycles. The lowest BCUT2D eigenvalue weighted by atomic mass is 9.98. The highest BCUT2D eigenvalue weighted by Crippen LogP contribution is 2.35. The zero-order valence-corrected chi connectivity index (χ0v) is 8.65. The van der Waals surface area contributed by atoms with Gasteiger partial charge in [0.25, 0.3) is 0 Å². The van der Waals surface area contributed by atoms with E-state index in [1.807, 2.05) is 6.92 Å². The minimum atomic E-state index is -1.01. The number of fused-ring (bicyclic) bond motifs is 1. The Bertz CT molecular complexity index is 216. The first-order valence-electron chi connectivity index (χ1n) is 4.67. The largest absolute Gasteiger partial charge is 0.394 e. The first-order valence-corrected chi connectivity index (χ1v) is 5.61. The van der Waals surface area contributed by atoms with Gasteiger partial charge in [0.1, 0.15) is 23.7 Å². The van der Waals surface area contributed by atoms with E-state index in [2.05, 4.69) is 5.32 Å². The van der Waals surface area contributed by atoms with Gasteiger partial charge in [-0.3, -0.25) is 5.32 Å². The second-order valence-electron chi connectivity index (χ2n) is 3.68. The van der Waals surface area contributed by atoms with Crippen LogP contribution in [0.4, 0.5) is 0 Å². The second-order valence-corrected chi connectivity index (χ2v) is 5.12. The predicted octanol–water partition coefficient (Wildman–Crippen LogP) is -1.52. The maximum Gasteiger partial charge on any atom is 0.123 e. The van der Waals surface area contributed by atoms with Crippen molar-refractivity contribution in [3.63, 3.8) is 0 Å². The Morgan fingerprint density at radius 2 is 2.07 bits per heavy atom. The van der Waals surface area contributed by atoms with Crippen LogP contribution in [0.15, 0.2) is 0 Å². The molecule has 6 atom stereocenters. The van der Waals surface area contributed by atoms with Crippen LogP contribution in [0.5, 0.6) is 0 Å². The number of nitrogens with one attached hydrogen (secondary N) is 1. The van der Waals surface area contributed by atoms with Crippen molar-refractivity contribution in [1.82, 2.24) is 5.32 Å². The van der Waals surface area contributed by atoms with Gasteiger partial charge in [0.05, 0.1) is 18.0 Å². The van der Waals surface area contributed by atoms with Crippen LogP contribution in [-0.2, 0) is 4.74 Å². The Morgan fingerprint density at radius 3 is 2.71 bits per heavy atom. The van der Waals surface area contributed by atoms with Gasteiger partial charge >= 0.3 is 0 Å². The molecule has 14 heavy (non-hydrogen) atoms. The third kappa shape index (κ3) is 1.66. The summed E-state index contributed by atoms with van der Waals surface area (Å²) in [6.45, 7) is 1.70. The molecule has 0 aromatic rings. The Kier molecular flexibility index (Phi) is 3.01. The van der Waals surface area contributed by atoms with E-state index >= 15 is 0 Å². The van der Waals surface area contributed by atoms with Crippen molar-refractivity contribution in [2.75, 3.05) is 6.61 Å². The quantitative estimate of drug-likeness (QED) is 0.430. The van der Waals surface area contributed by atoms with Crippen LogP contribution in [0.2, 0.25) is 0 Å². The Balaban J connectivity index is 2.09. The average Bonchev–Trinajstić information content (AvgIpc) is 2.52. The summed E-state index contributed by atoms with van der Waals surface area (Å²) >= 11 is 1.56. The monoisotopic (exact) mass is 221 g/mol. The van der Waals surface area contributed by atoms with Crippen molar-refractivity contribution in [3.05, 3.63) is 0 Å². The predicted molar refractivity (Wildman–Crippen MR) is 51.7 cm³/mol. The van der Waals surface area contributed by atoms with E-state index in [1.54, 1.807) is 11.8 Å². The number of hydrogen-bond acceptors (Lipinski definition) is 6. The van der Waals surface area contributed by atoms with Crippen LogP contribution in [-0.4, -0.2) is 57.1 Å². The van der Waals surface area contributed by atoms with Crippen molar-refractivity contribution >= 4 is 11.8 Å². The van der Waals surface area contributed by atoms with Gasteiger partial charge in [0.2, 0.25) is 0 Å². The number of aliphatic hydroxyl groups is 3. The van der Waals surface area contributed by atoms with Gasteiger partial charge < -0.3 is 20.1 Å². The highest BCUT2D eigenvalue weighted by Gasteiger charge is 2.48. The average molecular weight is 221 g/mol. The minimum Gasteiger partial charge on any atom is -0.394 e. The lowest BCUT2D eigenvalue weighted by Crippen LogP contribution is -2.59. The molecule has 2 fully saturated rings. The standard InChI is InChI=1S/C8H15NO4S/c1-3-9-5-7(12)6(11)4(2-10)13-8(5)14-3/h3-12H,2H2,1H3/t3-,4-,5-,6+,7-,8-/m1/s1. The summed E-state index contributed by atoms with van der Waals surface area (Å²) in [7, 11) is 0. The van der Waals surface area contributed by atoms with E-state index in [1.165, 1.54) is 0 Å². The first kappa shape index (κ1) is 10.7. The number of hydrogen-bond donors (Lipinski definition) is 4. The fourth-order valence-corrected chi connectivity index (χ4v) is 3.14. The van der Waals surface area contributed by atoms with Crippen LogP contribution in [0, 0.1) is 0 Å². The van der Waals surface area contributed by atoms with Crippen molar-refractivity contribution < 1.29 is 20.1 Å². The number of thioether (sulfide) groups is 1. The summed E-state index contributed by atoms with van der Waals surface area (Å²) in [5, 5.41) is 31.6. The molecular formula is C8H15NO4S. The summed E-state index contributed by atoms with van der Waals surface area (Å²) in [6.07, 6.45) is -2.56. The van der Waals surface area contributed by atoms with Crippen molar-refractivity contribution in [2.24, 2.45) is 0 Å². The van der Waals surface area contributed by atoms with Crippen LogP contribution in [0.25, 0.3) is 0 Å². The number of aliphatic hydroxyl groups excluding tert-OH is 3. The Morgan fingerprint density at radius 1 is 1.36 bits per heavy atom. The van der Waals surface area contributed by atoms with Gasteiger partial charge in [-0.15, -0.1) is 11.8 Å². The van der Waals surface area contributed by atoms with Crippen molar-refractivity contribution in [1.29, 1.82) is 0 Å². The lowest BCUT2D eigenvalue weighted by molar-refractivity contribution is -0.168. The van der Waals surface area contributed by atoms with Gasteiger partial charge in [-0.05, 0) is 6.92 Å². The van der Waals surface area contributed by atoms with Crippen molar-refractivity contribution in [3.8, 4) is 0 Å². The molecule has 0 spiro atoms. The Hall–Kier alpha value is 0.150. The van der Waals surface area contributed by atoms with E-state index in [0.29, 0.717) is 0 Å². The van der Waals surface area contributed by atoms with Crippen LogP contribution in [0.1, 0.15) is 6.92 Å². The summed E-state index contributed by atoms with van der Waals surface area (Å²) in [4.78, 5) is 0. The summed E-state index contributed by atoms with van der Waals surface area (Å²) < 4.78 is 5.45. The fourth-order valence-electron chi connectivity index (χ4n) is 1.89. The van der Waals surface area contributed by atoms with Crippen LogP contribution >= 0.6 is 11.8 Å². The zero-order chi connectivity index (χ0) is 10.3. The minimum absolute atomic E-state index is 0.180. The van der Waals surface area contributed by atoms with Crippen molar-refractivity contribution in [2.45, 2.75) is 42.1 Å². The number of rotatable bonds is 1. The van der Waals surface area contributed by atoms with Gasteiger partial charge in [-0.1, -0.05) is 0 Å². The molecule has 0 saturated carbocycles. The molecule has 2 rings (SSSR count). The third-order valence-electron chi connectivity index (χ3n) is 2.65. The summed E-state index contributed by atoms with van der Waals surface area (Å²) in [6, 6.07) is -0.243. The molecule has 0 aromatic carbocycles. The molecule has 2 aliphatic rings. The molecule has 82 valence electrons. The molecule has 0 bridgehead atoms. The normalized spacial score (nSPS) is 53.1. The van der Waals surface area contributed by atoms with Crippen LogP contribution in [0.3, 0.4) is 0 Å². The number of ether oxygens (including phenoxy) is 1. The van der Waals surface area contributed by atoms with E-state index in [0.717, 1.165) is 0 Å². The van der Waals surface area contributed by atoms with Gasteiger partial charge in [-0.25, -0.2) is 0 Å². The van der Waals surface area contributed by atoms with E-state index in [-0.39, 0.29) is 23.5 Å². The molecule has 6 heteroatoms. The SMILES string of the molecule is C[C@@H]1N[C@@H]2[C@@H](O)[C@@H](O)[C@@H](CO)O[C@@H]2S1. The first-order chi connectivity index (χ1) is 6.63. The highest BCUT2D eigenvalue weighted by atomic mass is 32.2. The molecule has 0 amide bonds. The molecule has 0 unspecified atom stereocenters. The fraction of sp³-hybridized carbons (Fsp3) is 1.00. The van der Waals surface area contributed by atoms with Crippen LogP contribution < -0.4 is 5.32 Å². The van der Waals surface area contributed by atoms with Gasteiger partial charge in [-0.2, -0.15) is 0 Å². The molecule has 0 radical (unpaired) electrons. The van der Waals surface area contributed by atoms with Gasteiger partial charge in [0.15, 0.2) is 0 Å². The van der Waals surface area contributed by atoms with Gasteiger partial charge in [0, 0.05) is 0 Å². The summed E-state index contributed by atoms with van der Waals surface area (Å²) in [5.74, 6) is 0. The van der Waals surface area contributed by atoms with E-state index < -0.39 is 18.3 Å². The lowest BCUT2D eigenvalue weighted by Gasteiger charge is -2.38. The van der Waals surface area contributed by atoms with E-state index in [9.17, 15) is 10.2 Å². The molecule has 2 aliphatic heterocycles. The molecule has 4 N–H and O–H groups in total. The molecule has 2 heterocycles. The molecular weight excluding hydrogens is 206 g/mol. The zero-order valence-electron chi connectivity index (χ0n) is 7.83. The second kappa shape index (κ2) is 3.96. The topological polar surface area (TPSA) is 82.0 Å². The highest BCUT2D eigenvalue weighted by molar-refractivity contribution is 8.00.